The van der Waals surface area contributed by atoms with E-state index in [-0.39, 0.29) is 15.7 Å². The van der Waals surface area contributed by atoms with Crippen molar-refractivity contribution in [3.63, 3.8) is 0 Å². The molecule has 0 N–H and O–H groups in total. The summed E-state index contributed by atoms with van der Waals surface area (Å²) in [7, 11) is -3.43. The fraction of sp³-hybridized carbons (Fsp3) is 0.143. The molecule has 21 heavy (non-hydrogen) atoms. The molecule has 112 valence electrons. The van der Waals surface area contributed by atoms with E-state index in [9.17, 15) is 8.42 Å². The molecule has 0 atom stereocenters. The van der Waals surface area contributed by atoms with Crippen LogP contribution in [-0.2, 0) is 9.84 Å². The summed E-state index contributed by atoms with van der Waals surface area (Å²) in [5.74, 6) is 0.664. The molecule has 0 aromatic heterocycles. The van der Waals surface area contributed by atoms with Crippen LogP contribution in [0.1, 0.15) is 6.92 Å². The Morgan fingerprint density at radius 3 is 2.33 bits per heavy atom. The number of hydrogen-bond donors (Lipinski definition) is 0. The number of ether oxygens (including phenoxy) is 1. The predicted molar refractivity (Wildman–Crippen MR) is 85.7 cm³/mol. The van der Waals surface area contributed by atoms with E-state index in [2.05, 4.69) is 0 Å². The highest BCUT2D eigenvalue weighted by atomic mass is 35.5. The van der Waals surface area contributed by atoms with E-state index in [1.807, 2.05) is 0 Å². The average Bonchev–Trinajstić information content (AvgIpc) is 2.43. The lowest BCUT2D eigenvalue weighted by molar-refractivity contribution is 0.481. The van der Waals surface area contributed by atoms with Gasteiger partial charge in [-0.15, -0.1) is 0 Å². The number of benzene rings is 2. The van der Waals surface area contributed by atoms with Gasteiger partial charge in [-0.25, -0.2) is 8.42 Å². The first-order chi connectivity index (χ1) is 9.83. The second-order valence-electron chi connectivity index (χ2n) is 4.17. The van der Waals surface area contributed by atoms with Crippen molar-refractivity contribution >= 4 is 44.6 Å². The minimum absolute atomic E-state index is 0.0363. The van der Waals surface area contributed by atoms with Crippen molar-refractivity contribution in [2.75, 3.05) is 5.75 Å². The first-order valence-electron chi connectivity index (χ1n) is 5.98. The van der Waals surface area contributed by atoms with Crippen molar-refractivity contribution in [2.24, 2.45) is 0 Å². The minimum atomic E-state index is -3.43. The molecule has 0 heterocycles. The molecule has 0 aliphatic heterocycles. The highest BCUT2D eigenvalue weighted by Gasteiger charge is 2.17. The first-order valence-corrected chi connectivity index (χ1v) is 8.77. The van der Waals surface area contributed by atoms with Crippen LogP contribution in [0.5, 0.6) is 11.5 Å². The van der Waals surface area contributed by atoms with E-state index in [1.54, 1.807) is 25.1 Å². The van der Waals surface area contributed by atoms with Gasteiger partial charge in [0.15, 0.2) is 9.84 Å². The Labute approximate surface area is 138 Å². The molecule has 0 aliphatic carbocycles. The van der Waals surface area contributed by atoms with Gasteiger partial charge >= 0.3 is 0 Å². The molecule has 0 unspecified atom stereocenters. The topological polar surface area (TPSA) is 43.4 Å². The van der Waals surface area contributed by atoms with Crippen LogP contribution in [0.25, 0.3) is 0 Å². The SMILES string of the molecule is CCS(=O)(=O)c1cc(Oc2ccc(Cl)cc2Cl)ccc1Cl. The van der Waals surface area contributed by atoms with Gasteiger partial charge in [0.1, 0.15) is 11.5 Å². The highest BCUT2D eigenvalue weighted by molar-refractivity contribution is 7.91. The second-order valence-corrected chi connectivity index (χ2v) is 7.67. The van der Waals surface area contributed by atoms with Crippen molar-refractivity contribution in [1.29, 1.82) is 0 Å². The Balaban J connectivity index is 2.40. The van der Waals surface area contributed by atoms with E-state index < -0.39 is 9.84 Å². The van der Waals surface area contributed by atoms with Crippen molar-refractivity contribution in [2.45, 2.75) is 11.8 Å². The average molecular weight is 366 g/mol. The number of halogens is 3. The number of rotatable bonds is 4. The maximum absolute atomic E-state index is 12.0. The minimum Gasteiger partial charge on any atom is -0.456 e. The van der Waals surface area contributed by atoms with Gasteiger partial charge in [-0.05, 0) is 30.3 Å². The highest BCUT2D eigenvalue weighted by Crippen LogP contribution is 2.34. The molecule has 0 radical (unpaired) electrons. The summed E-state index contributed by atoms with van der Waals surface area (Å²) >= 11 is 17.8. The number of sulfone groups is 1. The molecule has 7 heteroatoms. The Bertz CT molecular complexity index is 773. The van der Waals surface area contributed by atoms with E-state index in [0.29, 0.717) is 21.5 Å². The molecule has 2 aromatic rings. The summed E-state index contributed by atoms with van der Waals surface area (Å²) in [6.07, 6.45) is 0. The van der Waals surface area contributed by atoms with Crippen molar-refractivity contribution in [1.82, 2.24) is 0 Å². The molecule has 0 saturated carbocycles. The van der Waals surface area contributed by atoms with Crippen LogP contribution in [0.3, 0.4) is 0 Å². The van der Waals surface area contributed by atoms with Gasteiger partial charge in [0.2, 0.25) is 0 Å². The lowest BCUT2D eigenvalue weighted by atomic mass is 10.3. The van der Waals surface area contributed by atoms with Crippen LogP contribution >= 0.6 is 34.8 Å². The third-order valence-electron chi connectivity index (χ3n) is 2.74. The monoisotopic (exact) mass is 364 g/mol. The third kappa shape index (κ3) is 3.83. The Morgan fingerprint density at radius 2 is 1.71 bits per heavy atom. The summed E-state index contributed by atoms with van der Waals surface area (Å²) in [6.45, 7) is 1.55. The van der Waals surface area contributed by atoms with Crippen LogP contribution in [0.2, 0.25) is 15.1 Å². The molecule has 0 fully saturated rings. The van der Waals surface area contributed by atoms with Gasteiger partial charge in [0.25, 0.3) is 0 Å². The van der Waals surface area contributed by atoms with Gasteiger partial charge in [0, 0.05) is 11.1 Å². The van der Waals surface area contributed by atoms with Crippen LogP contribution in [0, 0.1) is 0 Å². The zero-order valence-corrected chi connectivity index (χ0v) is 14.0. The lowest BCUT2D eigenvalue weighted by Gasteiger charge is -2.10. The van der Waals surface area contributed by atoms with Gasteiger partial charge in [-0.3, -0.25) is 0 Å². The maximum Gasteiger partial charge on any atom is 0.179 e. The van der Waals surface area contributed by atoms with Crippen molar-refractivity contribution < 1.29 is 13.2 Å². The van der Waals surface area contributed by atoms with E-state index >= 15 is 0 Å². The van der Waals surface area contributed by atoms with Gasteiger partial charge in [-0.1, -0.05) is 41.7 Å². The molecular weight excluding hydrogens is 355 g/mol. The summed E-state index contributed by atoms with van der Waals surface area (Å²) in [4.78, 5) is 0.0363. The zero-order chi connectivity index (χ0) is 15.6. The van der Waals surface area contributed by atoms with Gasteiger partial charge < -0.3 is 4.74 Å². The standard InChI is InChI=1S/C14H11Cl3O3S/c1-2-21(18,19)14-8-10(4-5-11(14)16)20-13-6-3-9(15)7-12(13)17/h3-8H,2H2,1H3. The van der Waals surface area contributed by atoms with Crippen molar-refractivity contribution in [3.8, 4) is 11.5 Å². The summed E-state index contributed by atoms with van der Waals surface area (Å²) < 4.78 is 29.5. The largest absolute Gasteiger partial charge is 0.456 e. The molecule has 0 amide bonds. The quantitative estimate of drug-likeness (QED) is 0.745. The fourth-order valence-electron chi connectivity index (χ4n) is 1.63. The Morgan fingerprint density at radius 1 is 1.00 bits per heavy atom. The Kier molecular flexibility index (Phi) is 5.04. The molecule has 0 aliphatic rings. The summed E-state index contributed by atoms with van der Waals surface area (Å²) in [5, 5.41) is 0.974. The molecule has 2 aromatic carbocycles. The van der Waals surface area contributed by atoms with Crippen LogP contribution < -0.4 is 4.74 Å². The van der Waals surface area contributed by atoms with E-state index in [1.165, 1.54) is 18.2 Å². The zero-order valence-electron chi connectivity index (χ0n) is 10.9. The third-order valence-corrected chi connectivity index (χ3v) is 5.48. The normalized spacial score (nSPS) is 11.4. The predicted octanol–water partition coefficient (Wildman–Crippen LogP) is 5.23. The van der Waals surface area contributed by atoms with Crippen LogP contribution in [-0.4, -0.2) is 14.2 Å². The van der Waals surface area contributed by atoms with Crippen molar-refractivity contribution in [3.05, 3.63) is 51.5 Å². The van der Waals surface area contributed by atoms with Gasteiger partial charge in [-0.2, -0.15) is 0 Å². The maximum atomic E-state index is 12.0. The smallest absolute Gasteiger partial charge is 0.179 e. The lowest BCUT2D eigenvalue weighted by Crippen LogP contribution is -2.04. The van der Waals surface area contributed by atoms with Gasteiger partial charge in [0.05, 0.1) is 20.7 Å². The van der Waals surface area contributed by atoms with Crippen LogP contribution in [0.15, 0.2) is 41.3 Å². The molecule has 3 nitrogen and oxygen atoms in total. The number of hydrogen-bond acceptors (Lipinski definition) is 3. The molecular formula is C14H11Cl3O3S. The first kappa shape index (κ1) is 16.4. The molecule has 0 spiro atoms. The molecule has 0 saturated heterocycles. The molecule has 2 rings (SSSR count). The second kappa shape index (κ2) is 6.44. The van der Waals surface area contributed by atoms with E-state index in [0.717, 1.165) is 0 Å². The fourth-order valence-corrected chi connectivity index (χ4v) is 3.52. The van der Waals surface area contributed by atoms with Crippen LogP contribution in [0.4, 0.5) is 0 Å². The molecule has 0 bridgehead atoms. The Hall–Kier alpha value is -0.940. The summed E-state index contributed by atoms with van der Waals surface area (Å²) in [5.41, 5.74) is 0. The summed E-state index contributed by atoms with van der Waals surface area (Å²) in [6, 6.07) is 9.20. The van der Waals surface area contributed by atoms with E-state index in [4.69, 9.17) is 39.5 Å².